The molecule has 1 spiro atoms. The van der Waals surface area contributed by atoms with Crippen molar-refractivity contribution in [2.45, 2.75) is 24.5 Å². The Labute approximate surface area is 126 Å². The summed E-state index contributed by atoms with van der Waals surface area (Å²) in [6.45, 7) is 2.08. The Balaban J connectivity index is 2.35. The molecule has 2 rings (SSSR count). The maximum absolute atomic E-state index is 5.55. The molecule has 0 saturated carbocycles. The smallest absolute Gasteiger partial charge is 0.0755 e. The van der Waals surface area contributed by atoms with E-state index in [0.29, 0.717) is 0 Å². The molecule has 0 unspecified atom stereocenters. The summed E-state index contributed by atoms with van der Waals surface area (Å²) in [5.74, 6) is 0. The molecule has 1 heterocycles. The molecule has 2 aliphatic rings. The van der Waals surface area contributed by atoms with Crippen LogP contribution in [0.3, 0.4) is 0 Å². The predicted molar refractivity (Wildman–Crippen MR) is 91.3 cm³/mol. The van der Waals surface area contributed by atoms with Crippen molar-refractivity contribution in [2.75, 3.05) is 0 Å². The Morgan fingerprint density at radius 2 is 1.85 bits per heavy atom. The zero-order valence-corrected chi connectivity index (χ0v) is 12.6. The third-order valence-corrected chi connectivity index (χ3v) is 4.60. The van der Waals surface area contributed by atoms with Crippen LogP contribution in [-0.4, -0.2) is 4.75 Å². The second kappa shape index (κ2) is 7.20. The molecule has 1 nitrogen and oxygen atoms in total. The van der Waals surface area contributed by atoms with E-state index in [1.165, 1.54) is 10.5 Å². The fourth-order valence-corrected chi connectivity index (χ4v) is 3.37. The normalized spacial score (nSPS) is 27.9. The van der Waals surface area contributed by atoms with Crippen LogP contribution in [0.25, 0.3) is 0 Å². The number of hydrogen-bond donors (Lipinski definition) is 1. The summed E-state index contributed by atoms with van der Waals surface area (Å²) in [5.41, 5.74) is 6.82. The molecule has 0 bridgehead atoms. The number of allylic oxidation sites excluding steroid dienone is 9. The first-order chi connectivity index (χ1) is 9.78. The molecule has 1 aliphatic carbocycles. The van der Waals surface area contributed by atoms with Gasteiger partial charge in [-0.3, -0.25) is 0 Å². The lowest BCUT2D eigenvalue weighted by atomic mass is 10.1. The van der Waals surface area contributed by atoms with Gasteiger partial charge in [-0.1, -0.05) is 54.7 Å². The van der Waals surface area contributed by atoms with Crippen LogP contribution in [0.1, 0.15) is 19.8 Å². The Morgan fingerprint density at radius 3 is 2.50 bits per heavy atom. The molecule has 0 amide bonds. The van der Waals surface area contributed by atoms with Gasteiger partial charge in [0.25, 0.3) is 0 Å². The van der Waals surface area contributed by atoms with Crippen molar-refractivity contribution >= 4 is 11.8 Å². The fourth-order valence-electron chi connectivity index (χ4n) is 2.20. The van der Waals surface area contributed by atoms with E-state index in [4.69, 9.17) is 5.73 Å². The highest BCUT2D eigenvalue weighted by Crippen LogP contribution is 2.40. The predicted octanol–water partition coefficient (Wildman–Crippen LogP) is 4.79. The van der Waals surface area contributed by atoms with E-state index in [1.54, 1.807) is 6.20 Å². The third-order valence-electron chi connectivity index (χ3n) is 3.25. The molecule has 20 heavy (non-hydrogen) atoms. The van der Waals surface area contributed by atoms with Crippen molar-refractivity contribution < 1.29 is 0 Å². The van der Waals surface area contributed by atoms with E-state index >= 15 is 0 Å². The quantitative estimate of drug-likeness (QED) is 0.748. The molecule has 2 heteroatoms. The van der Waals surface area contributed by atoms with Crippen molar-refractivity contribution in [2.24, 2.45) is 5.73 Å². The highest BCUT2D eigenvalue weighted by molar-refractivity contribution is 8.05. The minimum Gasteiger partial charge on any atom is -0.405 e. The van der Waals surface area contributed by atoms with Crippen LogP contribution >= 0.6 is 11.8 Å². The third kappa shape index (κ3) is 3.91. The summed E-state index contributed by atoms with van der Waals surface area (Å²) in [6, 6.07) is 0. The van der Waals surface area contributed by atoms with Crippen molar-refractivity contribution in [3.63, 3.8) is 0 Å². The molecular weight excluding hydrogens is 262 g/mol. The van der Waals surface area contributed by atoms with Crippen molar-refractivity contribution in [3.05, 3.63) is 83.5 Å². The van der Waals surface area contributed by atoms with E-state index < -0.39 is 0 Å². The number of hydrogen-bond acceptors (Lipinski definition) is 2. The lowest BCUT2D eigenvalue weighted by molar-refractivity contribution is 1.01. The number of thioether (sulfide) groups is 1. The molecule has 1 aliphatic heterocycles. The topological polar surface area (TPSA) is 26.0 Å². The van der Waals surface area contributed by atoms with Gasteiger partial charge in [-0.05, 0) is 43.7 Å². The molecular formula is C18H21NS. The van der Waals surface area contributed by atoms with Gasteiger partial charge < -0.3 is 5.73 Å². The first-order valence-corrected chi connectivity index (χ1v) is 7.75. The monoisotopic (exact) mass is 283 g/mol. The van der Waals surface area contributed by atoms with Crippen molar-refractivity contribution in [1.82, 2.24) is 0 Å². The van der Waals surface area contributed by atoms with Gasteiger partial charge in [0.05, 0.1) is 4.75 Å². The van der Waals surface area contributed by atoms with E-state index in [2.05, 4.69) is 67.7 Å². The molecule has 0 aromatic carbocycles. The van der Waals surface area contributed by atoms with Gasteiger partial charge in [-0.15, -0.1) is 11.8 Å². The zero-order valence-electron chi connectivity index (χ0n) is 11.8. The van der Waals surface area contributed by atoms with Crippen LogP contribution in [-0.2, 0) is 0 Å². The molecule has 0 fully saturated rings. The van der Waals surface area contributed by atoms with Gasteiger partial charge >= 0.3 is 0 Å². The van der Waals surface area contributed by atoms with Crippen LogP contribution in [0.15, 0.2) is 83.5 Å². The summed E-state index contributed by atoms with van der Waals surface area (Å²) < 4.78 is -0.0649. The Bertz CT molecular complexity index is 530. The maximum atomic E-state index is 5.55. The Morgan fingerprint density at radius 1 is 1.15 bits per heavy atom. The molecule has 0 aromatic rings. The minimum atomic E-state index is -0.0649. The van der Waals surface area contributed by atoms with E-state index in [-0.39, 0.29) is 4.75 Å². The van der Waals surface area contributed by atoms with Gasteiger partial charge in [-0.25, -0.2) is 0 Å². The second-order valence-corrected chi connectivity index (χ2v) is 6.15. The first-order valence-electron chi connectivity index (χ1n) is 6.93. The summed E-state index contributed by atoms with van der Waals surface area (Å²) in [4.78, 5) is 1.26. The van der Waals surface area contributed by atoms with Gasteiger partial charge in [0.1, 0.15) is 0 Å². The fraction of sp³-hybridized carbons (Fsp3) is 0.222. The van der Waals surface area contributed by atoms with Crippen LogP contribution in [0, 0.1) is 0 Å². The minimum absolute atomic E-state index is 0.0649. The highest BCUT2D eigenvalue weighted by atomic mass is 32.2. The lowest BCUT2D eigenvalue weighted by Gasteiger charge is -2.21. The van der Waals surface area contributed by atoms with Crippen LogP contribution in [0.2, 0.25) is 0 Å². The highest BCUT2D eigenvalue weighted by Gasteiger charge is 2.24. The average Bonchev–Trinajstić information content (AvgIpc) is 2.88. The van der Waals surface area contributed by atoms with Crippen molar-refractivity contribution in [1.29, 1.82) is 0 Å². The van der Waals surface area contributed by atoms with E-state index in [0.717, 1.165) is 12.8 Å². The molecule has 2 N–H and O–H groups in total. The number of rotatable bonds is 1. The standard InChI is InChI=1S/C18H21NS/c1-2-17-15-16(10-14-19)9-5-3-4-6-11-18(20-17)12-7-8-13-18/h2-4,6-8,10-15H,5,9,19H2,1H3/b4-3-,11-6?,14-10-,16-15+,17-2+. The summed E-state index contributed by atoms with van der Waals surface area (Å²) in [5, 5.41) is 0. The van der Waals surface area contributed by atoms with Gasteiger partial charge in [-0.2, -0.15) is 0 Å². The summed E-state index contributed by atoms with van der Waals surface area (Å²) in [6.07, 6.45) is 27.5. The van der Waals surface area contributed by atoms with E-state index in [9.17, 15) is 0 Å². The lowest BCUT2D eigenvalue weighted by Crippen LogP contribution is -2.12. The number of nitrogens with two attached hydrogens (primary N) is 1. The van der Waals surface area contributed by atoms with Gasteiger partial charge in [0, 0.05) is 4.91 Å². The molecule has 104 valence electrons. The van der Waals surface area contributed by atoms with Gasteiger partial charge in [0.2, 0.25) is 0 Å². The Hall–Kier alpha value is -1.67. The summed E-state index contributed by atoms with van der Waals surface area (Å²) >= 11 is 1.85. The van der Waals surface area contributed by atoms with Crippen molar-refractivity contribution in [3.8, 4) is 0 Å². The zero-order chi connectivity index (χ0) is 14.3. The summed E-state index contributed by atoms with van der Waals surface area (Å²) in [7, 11) is 0. The van der Waals surface area contributed by atoms with Crippen LogP contribution in [0.4, 0.5) is 0 Å². The first kappa shape index (κ1) is 14.7. The van der Waals surface area contributed by atoms with E-state index in [1.807, 2.05) is 17.8 Å². The molecule has 0 saturated heterocycles. The second-order valence-electron chi connectivity index (χ2n) is 4.77. The largest absolute Gasteiger partial charge is 0.405 e. The maximum Gasteiger partial charge on any atom is 0.0755 e. The molecule has 0 radical (unpaired) electrons. The molecule has 0 aromatic heterocycles. The SMILES string of the molecule is C\C=C1/C=C(/C=C\N)CC/C=C\C=CC2(C=CC=C2)S1. The Kier molecular flexibility index (Phi) is 5.31. The average molecular weight is 283 g/mol. The van der Waals surface area contributed by atoms with Crippen LogP contribution in [0.5, 0.6) is 0 Å². The molecule has 0 atom stereocenters. The van der Waals surface area contributed by atoms with Crippen LogP contribution < -0.4 is 5.73 Å². The van der Waals surface area contributed by atoms with Gasteiger partial charge in [0.15, 0.2) is 0 Å².